The van der Waals surface area contributed by atoms with Crippen LogP contribution >= 0.6 is 11.6 Å². The van der Waals surface area contributed by atoms with Gasteiger partial charge in [-0.25, -0.2) is 19.4 Å². The average molecular weight is 468 g/mol. The van der Waals surface area contributed by atoms with E-state index in [9.17, 15) is 14.4 Å². The topological polar surface area (TPSA) is 118 Å². The zero-order valence-corrected chi connectivity index (χ0v) is 18.6. The molecular formula is C20H23ClFN5O5. The molecule has 12 heteroatoms. The Balaban J connectivity index is 1.90. The van der Waals surface area contributed by atoms with Gasteiger partial charge in [0.15, 0.2) is 0 Å². The molecule has 4 rings (SSSR count). The van der Waals surface area contributed by atoms with E-state index in [2.05, 4.69) is 10.6 Å². The first kappa shape index (κ1) is 22.1. The minimum atomic E-state index is -0.991. The lowest BCUT2D eigenvalue weighted by molar-refractivity contribution is 0.0610. The third-order valence-corrected chi connectivity index (χ3v) is 5.61. The molecule has 0 bridgehead atoms. The van der Waals surface area contributed by atoms with Gasteiger partial charge in [-0.2, -0.15) is 4.68 Å². The number of aromatic nitrogens is 2. The quantitative estimate of drug-likeness (QED) is 0.529. The highest BCUT2D eigenvalue weighted by Gasteiger charge is 2.33. The molecule has 0 atom stereocenters. The van der Waals surface area contributed by atoms with Crippen molar-refractivity contribution in [1.82, 2.24) is 9.24 Å². The predicted octanol–water partition coefficient (Wildman–Crippen LogP) is 2.81. The van der Waals surface area contributed by atoms with Crippen molar-refractivity contribution >= 4 is 40.0 Å². The van der Waals surface area contributed by atoms with E-state index in [0.717, 1.165) is 6.07 Å². The number of halogens is 2. The summed E-state index contributed by atoms with van der Waals surface area (Å²) in [5.41, 5.74) is 0.207. The molecule has 1 amide bonds. The van der Waals surface area contributed by atoms with E-state index in [4.69, 9.17) is 21.5 Å². The highest BCUT2D eigenvalue weighted by Crippen LogP contribution is 2.41. The van der Waals surface area contributed by atoms with Gasteiger partial charge in [0.25, 0.3) is 5.56 Å². The van der Waals surface area contributed by atoms with Gasteiger partial charge in [-0.05, 0) is 39.7 Å². The number of hydrogen-bond donors (Lipinski definition) is 2. The molecule has 2 fully saturated rings. The van der Waals surface area contributed by atoms with Gasteiger partial charge in [0.05, 0.1) is 33.9 Å². The Kier molecular flexibility index (Phi) is 5.40. The lowest BCUT2D eigenvalue weighted by atomic mass is 10.2. The molecule has 10 nitrogen and oxygen atoms in total. The zero-order chi connectivity index (χ0) is 23.4. The fourth-order valence-electron chi connectivity index (χ4n) is 3.77. The molecular weight excluding hydrogens is 445 g/mol. The molecule has 1 aromatic carbocycles. The summed E-state index contributed by atoms with van der Waals surface area (Å²) < 4.78 is 22.1. The monoisotopic (exact) mass is 467 g/mol. The fraction of sp³-hybridized carbons (Fsp3) is 0.500. The Bertz CT molecular complexity index is 1260. The number of fused-ring (bicyclic) bond motifs is 1. The summed E-state index contributed by atoms with van der Waals surface area (Å²) in [6, 6.07) is 0.777. The molecule has 172 valence electrons. The van der Waals surface area contributed by atoms with Crippen molar-refractivity contribution in [2.24, 2.45) is 5.16 Å². The van der Waals surface area contributed by atoms with Crippen LogP contribution in [0.2, 0.25) is 5.02 Å². The normalized spacial score (nSPS) is 17.9. The molecule has 1 saturated heterocycles. The second kappa shape index (κ2) is 7.80. The van der Waals surface area contributed by atoms with Crippen molar-refractivity contribution in [3.63, 3.8) is 0 Å². The number of nitrogens with one attached hydrogen (secondary N) is 1. The lowest BCUT2D eigenvalue weighted by Gasteiger charge is -2.23. The summed E-state index contributed by atoms with van der Waals surface area (Å²) >= 11 is 6.58. The number of carbonyl (C=O) groups is 1. The zero-order valence-electron chi connectivity index (χ0n) is 17.8. The highest BCUT2D eigenvalue weighted by atomic mass is 35.5. The maximum Gasteiger partial charge on any atom is 0.427 e. The van der Waals surface area contributed by atoms with E-state index in [1.165, 1.54) is 4.57 Å². The van der Waals surface area contributed by atoms with Crippen LogP contribution < -0.4 is 21.6 Å². The van der Waals surface area contributed by atoms with Crippen LogP contribution in [0, 0.1) is 5.82 Å². The molecule has 0 spiro atoms. The van der Waals surface area contributed by atoms with Crippen molar-refractivity contribution in [3.05, 3.63) is 37.7 Å². The summed E-state index contributed by atoms with van der Waals surface area (Å²) in [4.78, 5) is 40.1. The second-order valence-corrected chi connectivity index (χ2v) is 9.27. The van der Waals surface area contributed by atoms with Crippen molar-refractivity contribution in [1.29, 1.82) is 0 Å². The van der Waals surface area contributed by atoms with E-state index < -0.39 is 28.8 Å². The van der Waals surface area contributed by atoms with Crippen molar-refractivity contribution in [3.8, 4) is 0 Å². The Hall–Kier alpha value is -3.08. The van der Waals surface area contributed by atoms with Crippen molar-refractivity contribution < 1.29 is 19.1 Å². The Morgan fingerprint density at radius 2 is 2.03 bits per heavy atom. The molecule has 0 radical (unpaired) electrons. The number of nitrogens with zero attached hydrogens (tertiary/aromatic N) is 4. The summed E-state index contributed by atoms with van der Waals surface area (Å²) in [7, 11) is 0. The number of anilines is 1. The van der Waals surface area contributed by atoms with E-state index in [0.29, 0.717) is 36.2 Å². The lowest BCUT2D eigenvalue weighted by Crippen LogP contribution is -2.48. The molecule has 2 heterocycles. The van der Waals surface area contributed by atoms with E-state index >= 15 is 4.39 Å². The minimum Gasteiger partial charge on any atom is -0.443 e. The number of ether oxygens (including phenoxy) is 1. The van der Waals surface area contributed by atoms with Gasteiger partial charge in [-0.15, -0.1) is 0 Å². The van der Waals surface area contributed by atoms with Crippen molar-refractivity contribution in [2.75, 3.05) is 23.4 Å². The molecule has 1 aliphatic heterocycles. The van der Waals surface area contributed by atoms with Crippen molar-refractivity contribution in [2.45, 2.75) is 51.7 Å². The fourth-order valence-corrected chi connectivity index (χ4v) is 4.18. The van der Waals surface area contributed by atoms with E-state index in [1.807, 2.05) is 0 Å². The molecule has 32 heavy (non-hydrogen) atoms. The number of amides is 1. The average Bonchev–Trinajstić information content (AvgIpc) is 3.42. The minimum absolute atomic E-state index is 0.0314. The van der Waals surface area contributed by atoms with E-state index in [-0.39, 0.29) is 34.2 Å². The molecule has 1 aliphatic carbocycles. The number of benzene rings is 1. The van der Waals surface area contributed by atoms with Crippen LogP contribution in [0.3, 0.4) is 0 Å². The van der Waals surface area contributed by atoms with Gasteiger partial charge in [0.2, 0.25) is 0 Å². The molecule has 2 aliphatic rings. The number of hydrogen-bond acceptors (Lipinski definition) is 7. The maximum atomic E-state index is 15.1. The first-order valence-corrected chi connectivity index (χ1v) is 10.5. The molecule has 0 unspecified atom stereocenters. The van der Waals surface area contributed by atoms with Gasteiger partial charge in [-0.1, -0.05) is 16.8 Å². The molecule has 2 aromatic rings. The van der Waals surface area contributed by atoms with Gasteiger partial charge in [0.1, 0.15) is 11.4 Å². The maximum absolute atomic E-state index is 15.1. The Morgan fingerprint density at radius 1 is 1.34 bits per heavy atom. The molecule has 2 N–H and O–H groups in total. The van der Waals surface area contributed by atoms with E-state index in [1.54, 1.807) is 25.7 Å². The third kappa shape index (κ3) is 3.92. The third-order valence-electron chi connectivity index (χ3n) is 5.26. The summed E-state index contributed by atoms with van der Waals surface area (Å²) in [6.07, 6.45) is 0.789. The first-order chi connectivity index (χ1) is 15.0. The summed E-state index contributed by atoms with van der Waals surface area (Å²) in [5.74, 6) is -0.761. The Labute approximate surface area is 186 Å². The number of oxime groups is 1. The summed E-state index contributed by atoms with van der Waals surface area (Å²) in [5, 5.41) is 12.0. The van der Waals surface area contributed by atoms with Crippen LogP contribution in [0.25, 0.3) is 10.9 Å². The van der Waals surface area contributed by atoms with Crippen LogP contribution in [0.4, 0.5) is 14.9 Å². The predicted molar refractivity (Wildman–Crippen MR) is 117 cm³/mol. The second-order valence-electron chi connectivity index (χ2n) is 8.89. The van der Waals surface area contributed by atoms with Crippen LogP contribution in [0.15, 0.2) is 20.8 Å². The van der Waals surface area contributed by atoms with Crippen LogP contribution in [-0.2, 0) is 4.74 Å². The highest BCUT2D eigenvalue weighted by molar-refractivity contribution is 6.38. The smallest absolute Gasteiger partial charge is 0.427 e. The SMILES string of the molecule is CC(C)(C)OC(=O)Nn1c(=O)c2cc(F)c(N3CC/C(=N/O)C3)c(Cl)c2n(C2CC2)c1=O. The van der Waals surface area contributed by atoms with Gasteiger partial charge in [-0.3, -0.25) is 9.36 Å². The van der Waals surface area contributed by atoms with Gasteiger partial charge < -0.3 is 14.8 Å². The van der Waals surface area contributed by atoms with Gasteiger partial charge >= 0.3 is 11.8 Å². The summed E-state index contributed by atoms with van der Waals surface area (Å²) in [6.45, 7) is 5.45. The molecule has 1 aromatic heterocycles. The Morgan fingerprint density at radius 3 is 2.59 bits per heavy atom. The standard InChI is InChI=1S/C20H23ClFN5O5/c1-20(2,3)32-18(29)23-27-17(28)12-8-13(22)16(25-7-6-10(9-25)24-31)14(21)15(12)26(19(27)30)11-4-5-11/h8,11,31H,4-7,9H2,1-3H3,(H,23,29)/b24-10-. The van der Waals surface area contributed by atoms with Crippen LogP contribution in [0.1, 0.15) is 46.1 Å². The molecule has 1 saturated carbocycles. The largest absolute Gasteiger partial charge is 0.443 e. The number of carbonyl (C=O) groups excluding carboxylic acids is 1. The van der Waals surface area contributed by atoms with Crippen LogP contribution in [-0.4, -0.2) is 44.9 Å². The van der Waals surface area contributed by atoms with Gasteiger partial charge in [0, 0.05) is 19.0 Å². The first-order valence-electron chi connectivity index (χ1n) is 10.2. The number of rotatable bonds is 3. The van der Waals surface area contributed by atoms with Crippen LogP contribution in [0.5, 0.6) is 0 Å².